The zero-order valence-corrected chi connectivity index (χ0v) is 12.7. The summed E-state index contributed by atoms with van der Waals surface area (Å²) in [6, 6.07) is 5.81. The van der Waals surface area contributed by atoms with E-state index in [-0.39, 0.29) is 11.6 Å². The standard InChI is InChI=1S/C14H17N3O3S/c1-11-3-4-12(9-13(11)20-2)5-6-17-21(18,19)14-10-15-7-8-16-14/h3-4,7-10,17H,5-6H2,1-2H3. The highest BCUT2D eigenvalue weighted by atomic mass is 32.2. The second kappa shape index (κ2) is 6.64. The van der Waals surface area contributed by atoms with Gasteiger partial charge < -0.3 is 4.74 Å². The van der Waals surface area contributed by atoms with Crippen molar-refractivity contribution in [1.29, 1.82) is 0 Å². The molecule has 2 aromatic rings. The number of rotatable bonds is 6. The molecule has 0 aliphatic rings. The molecule has 2 rings (SSSR count). The van der Waals surface area contributed by atoms with Gasteiger partial charge in [-0.25, -0.2) is 18.1 Å². The lowest BCUT2D eigenvalue weighted by Crippen LogP contribution is -2.26. The Balaban J connectivity index is 1.98. The topological polar surface area (TPSA) is 81.2 Å². The van der Waals surface area contributed by atoms with Crippen molar-refractivity contribution in [3.05, 3.63) is 47.9 Å². The molecule has 112 valence electrons. The monoisotopic (exact) mass is 307 g/mol. The molecule has 1 heterocycles. The first-order valence-corrected chi connectivity index (χ1v) is 7.90. The van der Waals surface area contributed by atoms with E-state index in [1.165, 1.54) is 18.6 Å². The van der Waals surface area contributed by atoms with Crippen molar-refractivity contribution in [3.63, 3.8) is 0 Å². The lowest BCUT2D eigenvalue weighted by Gasteiger charge is -2.08. The van der Waals surface area contributed by atoms with Gasteiger partial charge in [0.2, 0.25) is 0 Å². The smallest absolute Gasteiger partial charge is 0.259 e. The normalized spacial score (nSPS) is 11.3. The van der Waals surface area contributed by atoms with E-state index in [9.17, 15) is 8.42 Å². The Bertz CT molecular complexity index is 703. The fourth-order valence-electron chi connectivity index (χ4n) is 1.85. The summed E-state index contributed by atoms with van der Waals surface area (Å²) in [5.74, 6) is 0.796. The minimum Gasteiger partial charge on any atom is -0.496 e. The molecule has 7 heteroatoms. The van der Waals surface area contributed by atoms with Crippen LogP contribution in [0.3, 0.4) is 0 Å². The summed E-state index contributed by atoms with van der Waals surface area (Å²) in [5.41, 5.74) is 2.04. The molecule has 0 fully saturated rings. The molecular formula is C14H17N3O3S. The van der Waals surface area contributed by atoms with E-state index >= 15 is 0 Å². The van der Waals surface area contributed by atoms with E-state index in [2.05, 4.69) is 14.7 Å². The van der Waals surface area contributed by atoms with Crippen LogP contribution in [0.5, 0.6) is 5.75 Å². The van der Waals surface area contributed by atoms with Gasteiger partial charge in [-0.15, -0.1) is 0 Å². The predicted molar refractivity (Wildman–Crippen MR) is 78.7 cm³/mol. The maximum atomic E-state index is 12.0. The molecule has 6 nitrogen and oxygen atoms in total. The van der Waals surface area contributed by atoms with Crippen LogP contribution in [0.1, 0.15) is 11.1 Å². The molecule has 0 unspecified atom stereocenters. The summed E-state index contributed by atoms with van der Waals surface area (Å²) in [6.45, 7) is 2.24. The van der Waals surface area contributed by atoms with Crippen LogP contribution in [0, 0.1) is 6.92 Å². The zero-order chi connectivity index (χ0) is 15.3. The number of hydrogen-bond donors (Lipinski definition) is 1. The molecule has 0 saturated carbocycles. The van der Waals surface area contributed by atoms with E-state index in [0.717, 1.165) is 16.9 Å². The van der Waals surface area contributed by atoms with Crippen LogP contribution in [0.2, 0.25) is 0 Å². The number of nitrogens with zero attached hydrogens (tertiary/aromatic N) is 2. The van der Waals surface area contributed by atoms with Gasteiger partial charge in [-0.05, 0) is 30.5 Å². The first-order valence-electron chi connectivity index (χ1n) is 6.42. The molecule has 21 heavy (non-hydrogen) atoms. The minimum atomic E-state index is -3.61. The summed E-state index contributed by atoms with van der Waals surface area (Å²) in [7, 11) is -2.00. The number of sulfonamides is 1. The quantitative estimate of drug-likeness (QED) is 0.870. The molecule has 0 aliphatic heterocycles. The van der Waals surface area contributed by atoms with Gasteiger partial charge in [0.15, 0.2) is 5.03 Å². The second-order valence-corrected chi connectivity index (χ2v) is 6.21. The van der Waals surface area contributed by atoms with E-state index in [1.54, 1.807) is 7.11 Å². The average Bonchev–Trinajstić information content (AvgIpc) is 2.49. The Labute approximate surface area is 124 Å². The minimum absolute atomic E-state index is 0.0773. The molecule has 0 radical (unpaired) electrons. The van der Waals surface area contributed by atoms with Crippen molar-refractivity contribution in [3.8, 4) is 5.75 Å². The van der Waals surface area contributed by atoms with Crippen LogP contribution in [-0.4, -0.2) is 32.0 Å². The number of benzene rings is 1. The van der Waals surface area contributed by atoms with Crippen molar-refractivity contribution in [2.45, 2.75) is 18.4 Å². The summed E-state index contributed by atoms with van der Waals surface area (Å²) in [4.78, 5) is 7.53. The van der Waals surface area contributed by atoms with Gasteiger partial charge in [-0.3, -0.25) is 4.98 Å². The second-order valence-electron chi connectivity index (χ2n) is 4.50. The zero-order valence-electron chi connectivity index (χ0n) is 11.9. The van der Waals surface area contributed by atoms with E-state index < -0.39 is 10.0 Å². The highest BCUT2D eigenvalue weighted by Crippen LogP contribution is 2.19. The van der Waals surface area contributed by atoms with E-state index in [1.807, 2.05) is 25.1 Å². The number of ether oxygens (including phenoxy) is 1. The third-order valence-corrected chi connectivity index (χ3v) is 4.34. The van der Waals surface area contributed by atoms with Gasteiger partial charge in [-0.1, -0.05) is 12.1 Å². The van der Waals surface area contributed by atoms with Crippen LogP contribution in [0.4, 0.5) is 0 Å². The SMILES string of the molecule is COc1cc(CCNS(=O)(=O)c2cnccn2)ccc1C. The lowest BCUT2D eigenvalue weighted by molar-refractivity contribution is 0.411. The van der Waals surface area contributed by atoms with Crippen LogP contribution in [0.25, 0.3) is 0 Å². The van der Waals surface area contributed by atoms with Crippen molar-refractivity contribution < 1.29 is 13.2 Å². The maximum Gasteiger partial charge on any atom is 0.259 e. The van der Waals surface area contributed by atoms with E-state index in [0.29, 0.717) is 6.42 Å². The van der Waals surface area contributed by atoms with Crippen LogP contribution >= 0.6 is 0 Å². The van der Waals surface area contributed by atoms with Gasteiger partial charge in [0.05, 0.1) is 13.3 Å². The van der Waals surface area contributed by atoms with Gasteiger partial charge in [-0.2, -0.15) is 0 Å². The highest BCUT2D eigenvalue weighted by molar-refractivity contribution is 7.89. The largest absolute Gasteiger partial charge is 0.496 e. The average molecular weight is 307 g/mol. The Morgan fingerprint density at radius 1 is 1.29 bits per heavy atom. The van der Waals surface area contributed by atoms with Gasteiger partial charge in [0, 0.05) is 18.9 Å². The molecule has 1 N–H and O–H groups in total. The lowest BCUT2D eigenvalue weighted by atomic mass is 10.1. The van der Waals surface area contributed by atoms with Gasteiger partial charge in [0.25, 0.3) is 10.0 Å². The molecule has 0 amide bonds. The Kier molecular flexibility index (Phi) is 4.87. The van der Waals surface area contributed by atoms with Crippen LogP contribution in [0.15, 0.2) is 41.8 Å². The highest BCUT2D eigenvalue weighted by Gasteiger charge is 2.14. The third-order valence-electron chi connectivity index (χ3n) is 2.99. The molecule has 1 aromatic heterocycles. The molecule has 0 spiro atoms. The number of methoxy groups -OCH3 is 1. The fraction of sp³-hybridized carbons (Fsp3) is 0.286. The summed E-state index contributed by atoms with van der Waals surface area (Å²) in [6.07, 6.45) is 4.56. The van der Waals surface area contributed by atoms with Crippen LogP contribution < -0.4 is 9.46 Å². The Morgan fingerprint density at radius 2 is 2.10 bits per heavy atom. The van der Waals surface area contributed by atoms with Gasteiger partial charge >= 0.3 is 0 Å². The molecule has 0 aliphatic carbocycles. The van der Waals surface area contributed by atoms with Crippen molar-refractivity contribution >= 4 is 10.0 Å². The Morgan fingerprint density at radius 3 is 2.76 bits per heavy atom. The summed E-state index contributed by atoms with van der Waals surface area (Å²) in [5, 5.41) is -0.0773. The Hall–Kier alpha value is -1.99. The maximum absolute atomic E-state index is 12.0. The van der Waals surface area contributed by atoms with Crippen molar-refractivity contribution in [2.75, 3.05) is 13.7 Å². The predicted octanol–water partition coefficient (Wildman–Crippen LogP) is 1.31. The van der Waals surface area contributed by atoms with Crippen molar-refractivity contribution in [2.24, 2.45) is 0 Å². The number of hydrogen-bond acceptors (Lipinski definition) is 5. The molecule has 0 bridgehead atoms. The molecular weight excluding hydrogens is 290 g/mol. The van der Waals surface area contributed by atoms with Crippen molar-refractivity contribution in [1.82, 2.24) is 14.7 Å². The first kappa shape index (κ1) is 15.4. The summed E-state index contributed by atoms with van der Waals surface area (Å²) < 4.78 is 31.7. The molecule has 0 atom stereocenters. The third kappa shape index (κ3) is 3.99. The summed E-state index contributed by atoms with van der Waals surface area (Å²) >= 11 is 0. The fourth-order valence-corrected chi connectivity index (χ4v) is 2.77. The number of nitrogens with one attached hydrogen (secondary N) is 1. The molecule has 1 aromatic carbocycles. The molecule has 0 saturated heterocycles. The van der Waals surface area contributed by atoms with Crippen LogP contribution in [-0.2, 0) is 16.4 Å². The van der Waals surface area contributed by atoms with Gasteiger partial charge in [0.1, 0.15) is 5.75 Å². The first-order chi connectivity index (χ1) is 10.0. The van der Waals surface area contributed by atoms with E-state index in [4.69, 9.17) is 4.74 Å². The number of aryl methyl sites for hydroxylation is 1. The number of aromatic nitrogens is 2.